The van der Waals surface area contributed by atoms with Gasteiger partial charge in [-0.05, 0) is 19.8 Å². The van der Waals surface area contributed by atoms with Gasteiger partial charge in [0, 0.05) is 19.7 Å². The molecule has 0 amide bonds. The molecule has 2 nitrogen and oxygen atoms in total. The van der Waals surface area contributed by atoms with Gasteiger partial charge in [-0.1, -0.05) is 6.92 Å². The van der Waals surface area contributed by atoms with Gasteiger partial charge in [0.25, 0.3) is 0 Å². The van der Waals surface area contributed by atoms with E-state index in [0.29, 0.717) is 13.2 Å². The molecule has 0 bridgehead atoms. The van der Waals surface area contributed by atoms with Crippen LogP contribution in [0, 0.1) is 0 Å². The predicted octanol–water partition coefficient (Wildman–Crippen LogP) is -0.876. The third kappa shape index (κ3) is 10.3. The zero-order valence-electron chi connectivity index (χ0n) is 9.97. The molecule has 1 unspecified atom stereocenters. The van der Waals surface area contributed by atoms with E-state index in [-0.39, 0.29) is 57.4 Å². The number of hydrogen-bond acceptors (Lipinski definition) is 2. The van der Waals surface area contributed by atoms with Crippen molar-refractivity contribution >= 4 is 6.98 Å². The maximum atomic E-state index is 12.2. The van der Waals surface area contributed by atoms with Crippen LogP contribution in [-0.4, -0.2) is 44.6 Å². The van der Waals surface area contributed by atoms with Crippen molar-refractivity contribution in [3.63, 3.8) is 0 Å². The first kappa shape index (κ1) is 18.8. The largest absolute Gasteiger partial charge is 1.00 e. The molecule has 0 radical (unpaired) electrons. The number of methoxy groups -OCH3 is 1. The summed E-state index contributed by atoms with van der Waals surface area (Å²) in [6.07, 6.45) is -0.0752. The van der Waals surface area contributed by atoms with Crippen LogP contribution in [0.5, 0.6) is 0 Å². The van der Waals surface area contributed by atoms with E-state index in [1.807, 2.05) is 6.92 Å². The van der Waals surface area contributed by atoms with Crippen molar-refractivity contribution in [2.45, 2.75) is 26.3 Å². The van der Waals surface area contributed by atoms with Crippen molar-refractivity contribution in [1.29, 1.82) is 0 Å². The molecular formula is C8H18BF3KNO. The van der Waals surface area contributed by atoms with Gasteiger partial charge < -0.3 is 22.6 Å². The quantitative estimate of drug-likeness (QED) is 0.545. The Labute approximate surface area is 132 Å². The first-order chi connectivity index (χ1) is 6.40. The van der Waals surface area contributed by atoms with Gasteiger partial charge in [-0.15, -0.1) is 0 Å². The summed E-state index contributed by atoms with van der Waals surface area (Å²) in [7, 11) is 1.49. The third-order valence-corrected chi connectivity index (χ3v) is 2.24. The number of rotatable bonds is 7. The first-order valence-corrected chi connectivity index (χ1v) is 4.84. The van der Waals surface area contributed by atoms with Crippen LogP contribution in [0.1, 0.15) is 20.3 Å². The third-order valence-electron chi connectivity index (χ3n) is 2.24. The number of hydrogen-bond donors (Lipinski definition) is 0. The second kappa shape index (κ2) is 9.44. The van der Waals surface area contributed by atoms with E-state index in [2.05, 4.69) is 0 Å². The molecule has 0 aliphatic carbocycles. The fourth-order valence-electron chi connectivity index (χ4n) is 1.22. The summed E-state index contributed by atoms with van der Waals surface area (Å²) in [5.74, 6) is 0. The van der Waals surface area contributed by atoms with E-state index < -0.39 is 13.4 Å². The summed E-state index contributed by atoms with van der Waals surface area (Å²) in [5, 5.41) is 0. The Bertz CT molecular complexity index is 159. The summed E-state index contributed by atoms with van der Waals surface area (Å²) in [5.41, 5.74) is 0. The van der Waals surface area contributed by atoms with E-state index in [1.165, 1.54) is 12.0 Å². The van der Waals surface area contributed by atoms with Crippen LogP contribution in [0.15, 0.2) is 0 Å². The Hall–Kier alpha value is 1.41. The molecule has 0 aromatic heterocycles. The smallest absolute Gasteiger partial charge is 0.448 e. The summed E-state index contributed by atoms with van der Waals surface area (Å²) >= 11 is 0. The molecule has 0 aliphatic rings. The van der Waals surface area contributed by atoms with Crippen molar-refractivity contribution in [2.24, 2.45) is 0 Å². The molecule has 0 aliphatic heterocycles. The second-order valence-electron chi connectivity index (χ2n) is 3.46. The Morgan fingerprint density at radius 3 is 2.20 bits per heavy atom. The van der Waals surface area contributed by atoms with Crippen LogP contribution >= 0.6 is 0 Å². The molecule has 0 aromatic rings. The normalized spacial score (nSPS) is 13.8. The molecule has 0 heterocycles. The second-order valence-corrected chi connectivity index (χ2v) is 3.46. The zero-order valence-corrected chi connectivity index (χ0v) is 13.1. The van der Waals surface area contributed by atoms with Crippen LogP contribution < -0.4 is 51.4 Å². The molecule has 15 heavy (non-hydrogen) atoms. The van der Waals surface area contributed by atoms with Crippen molar-refractivity contribution < 1.29 is 69.1 Å². The SMILES string of the molecule is CCC(C)N(CCOC)C[B-](F)(F)F.[K+]. The number of halogens is 3. The average molecular weight is 251 g/mol. The summed E-state index contributed by atoms with van der Waals surface area (Å²) in [6, 6.07) is -0.0475. The van der Waals surface area contributed by atoms with Gasteiger partial charge in [0.1, 0.15) is 0 Å². The molecule has 7 heteroatoms. The van der Waals surface area contributed by atoms with E-state index in [0.717, 1.165) is 6.42 Å². The Kier molecular flexibility index (Phi) is 11.8. The minimum atomic E-state index is -4.74. The van der Waals surface area contributed by atoms with Crippen LogP contribution in [0.2, 0.25) is 0 Å². The minimum absolute atomic E-state index is 0. The molecule has 0 spiro atoms. The summed E-state index contributed by atoms with van der Waals surface area (Å²) < 4.78 is 41.4. The van der Waals surface area contributed by atoms with Gasteiger partial charge in [-0.2, -0.15) is 0 Å². The van der Waals surface area contributed by atoms with Crippen LogP contribution in [0.4, 0.5) is 12.9 Å². The van der Waals surface area contributed by atoms with Crippen LogP contribution in [-0.2, 0) is 4.74 Å². The maximum absolute atomic E-state index is 12.2. The molecular weight excluding hydrogens is 233 g/mol. The molecule has 0 aromatic carbocycles. The van der Waals surface area contributed by atoms with E-state index >= 15 is 0 Å². The standard InChI is InChI=1S/C8H18BF3NO.K/c1-4-8(2)13(5-6-14-3)7-9(10,11)12;/h8H,4-7H2,1-3H3;/q-1;+1. The topological polar surface area (TPSA) is 12.5 Å². The molecule has 86 valence electrons. The molecule has 0 saturated heterocycles. The maximum Gasteiger partial charge on any atom is 1.00 e. The Morgan fingerprint density at radius 1 is 1.33 bits per heavy atom. The van der Waals surface area contributed by atoms with Crippen molar-refractivity contribution in [1.82, 2.24) is 4.90 Å². The van der Waals surface area contributed by atoms with E-state index in [9.17, 15) is 12.9 Å². The fraction of sp³-hybridized carbons (Fsp3) is 1.00. The predicted molar refractivity (Wildman–Crippen MR) is 52.3 cm³/mol. The first-order valence-electron chi connectivity index (χ1n) is 4.84. The molecule has 1 atom stereocenters. The van der Waals surface area contributed by atoms with Crippen LogP contribution in [0.25, 0.3) is 0 Å². The molecule has 0 rings (SSSR count). The van der Waals surface area contributed by atoms with Gasteiger partial charge in [0.15, 0.2) is 0 Å². The van der Waals surface area contributed by atoms with Crippen molar-refractivity contribution in [3.05, 3.63) is 0 Å². The molecule has 0 N–H and O–H groups in total. The Morgan fingerprint density at radius 2 is 1.87 bits per heavy atom. The van der Waals surface area contributed by atoms with E-state index in [4.69, 9.17) is 4.74 Å². The fourth-order valence-corrected chi connectivity index (χ4v) is 1.22. The minimum Gasteiger partial charge on any atom is -0.448 e. The molecule has 0 fully saturated rings. The summed E-state index contributed by atoms with van der Waals surface area (Å²) in [6.45, 7) is -0.366. The molecule has 0 saturated carbocycles. The van der Waals surface area contributed by atoms with Crippen molar-refractivity contribution in [3.8, 4) is 0 Å². The van der Waals surface area contributed by atoms with E-state index in [1.54, 1.807) is 6.92 Å². The number of ether oxygens (including phenoxy) is 1. The van der Waals surface area contributed by atoms with Gasteiger partial charge in [0.2, 0.25) is 0 Å². The van der Waals surface area contributed by atoms with Gasteiger partial charge in [-0.25, -0.2) is 0 Å². The van der Waals surface area contributed by atoms with Crippen molar-refractivity contribution in [2.75, 3.05) is 26.7 Å². The number of nitrogens with zero attached hydrogens (tertiary/aromatic N) is 1. The average Bonchev–Trinajstić information content (AvgIpc) is 2.09. The zero-order chi connectivity index (χ0) is 11.2. The Balaban J connectivity index is 0. The van der Waals surface area contributed by atoms with Gasteiger partial charge >= 0.3 is 58.4 Å². The monoisotopic (exact) mass is 251 g/mol. The van der Waals surface area contributed by atoms with Gasteiger partial charge in [0.05, 0.1) is 6.61 Å². The summed E-state index contributed by atoms with van der Waals surface area (Å²) in [4.78, 5) is 1.42. The van der Waals surface area contributed by atoms with Crippen LogP contribution in [0.3, 0.4) is 0 Å². The van der Waals surface area contributed by atoms with Gasteiger partial charge in [-0.3, -0.25) is 0 Å².